The molecule has 1 N–H and O–H groups in total. The van der Waals surface area contributed by atoms with Crippen molar-refractivity contribution in [1.29, 1.82) is 0 Å². The Hall–Kier alpha value is -2.60. The Labute approximate surface area is 132 Å². The SMILES string of the molecule is Cc1ccc(-c2csc(NC(=O)c3cnc(C)cn3)n2)cc1. The third-order valence-electron chi connectivity index (χ3n) is 3.09. The van der Waals surface area contributed by atoms with E-state index in [2.05, 4.69) is 20.3 Å². The van der Waals surface area contributed by atoms with Crippen LogP contribution in [0, 0.1) is 13.8 Å². The predicted molar refractivity (Wildman–Crippen MR) is 87.0 cm³/mol. The minimum atomic E-state index is -0.308. The average Bonchev–Trinajstić information content (AvgIpc) is 2.97. The van der Waals surface area contributed by atoms with Crippen LogP contribution in [0.5, 0.6) is 0 Å². The van der Waals surface area contributed by atoms with Crippen molar-refractivity contribution in [2.24, 2.45) is 0 Å². The van der Waals surface area contributed by atoms with Gasteiger partial charge < -0.3 is 0 Å². The Morgan fingerprint density at radius 3 is 2.55 bits per heavy atom. The van der Waals surface area contributed by atoms with E-state index in [4.69, 9.17) is 0 Å². The summed E-state index contributed by atoms with van der Waals surface area (Å²) in [7, 11) is 0. The van der Waals surface area contributed by atoms with E-state index in [-0.39, 0.29) is 11.6 Å². The van der Waals surface area contributed by atoms with Crippen LogP contribution >= 0.6 is 11.3 Å². The maximum absolute atomic E-state index is 12.1. The summed E-state index contributed by atoms with van der Waals surface area (Å²) in [6.07, 6.45) is 3.02. The Morgan fingerprint density at radius 1 is 1.09 bits per heavy atom. The number of thiazole rings is 1. The summed E-state index contributed by atoms with van der Waals surface area (Å²) in [6.45, 7) is 3.86. The second kappa shape index (κ2) is 6.03. The van der Waals surface area contributed by atoms with Gasteiger partial charge in [-0.1, -0.05) is 29.8 Å². The van der Waals surface area contributed by atoms with Gasteiger partial charge in [-0.15, -0.1) is 11.3 Å². The molecule has 1 aromatic carbocycles. The van der Waals surface area contributed by atoms with Gasteiger partial charge in [-0.25, -0.2) is 9.97 Å². The average molecular weight is 310 g/mol. The zero-order chi connectivity index (χ0) is 15.5. The largest absolute Gasteiger partial charge is 0.296 e. The van der Waals surface area contributed by atoms with Crippen molar-refractivity contribution in [2.45, 2.75) is 13.8 Å². The van der Waals surface area contributed by atoms with Crippen LogP contribution in [0.15, 0.2) is 42.0 Å². The molecular weight excluding hydrogens is 296 g/mol. The minimum absolute atomic E-state index is 0.276. The van der Waals surface area contributed by atoms with Crippen LogP contribution in [0.25, 0.3) is 11.3 Å². The van der Waals surface area contributed by atoms with E-state index in [1.165, 1.54) is 23.1 Å². The van der Waals surface area contributed by atoms with Crippen LogP contribution in [0.3, 0.4) is 0 Å². The molecule has 2 aromatic heterocycles. The molecule has 0 spiro atoms. The first-order valence-corrected chi connectivity index (χ1v) is 7.62. The molecule has 0 aliphatic carbocycles. The molecule has 0 aliphatic heterocycles. The second-order valence-electron chi connectivity index (χ2n) is 4.90. The molecule has 0 fully saturated rings. The molecule has 3 aromatic rings. The Morgan fingerprint density at radius 2 is 1.86 bits per heavy atom. The molecule has 0 atom stereocenters. The van der Waals surface area contributed by atoms with Crippen LogP contribution in [0.4, 0.5) is 5.13 Å². The number of anilines is 1. The molecule has 0 radical (unpaired) electrons. The highest BCUT2D eigenvalue weighted by Crippen LogP contribution is 2.25. The fourth-order valence-electron chi connectivity index (χ4n) is 1.86. The quantitative estimate of drug-likeness (QED) is 0.804. The van der Waals surface area contributed by atoms with Crippen molar-refractivity contribution in [3.8, 4) is 11.3 Å². The van der Waals surface area contributed by atoms with Crippen LogP contribution < -0.4 is 5.32 Å². The number of hydrogen-bond donors (Lipinski definition) is 1. The van der Waals surface area contributed by atoms with Crippen LogP contribution in [-0.2, 0) is 0 Å². The lowest BCUT2D eigenvalue weighted by atomic mass is 10.1. The lowest BCUT2D eigenvalue weighted by Gasteiger charge is -2.01. The number of aromatic nitrogens is 3. The van der Waals surface area contributed by atoms with E-state index in [0.29, 0.717) is 5.13 Å². The molecule has 2 heterocycles. The van der Waals surface area contributed by atoms with Crippen LogP contribution in [0.2, 0.25) is 0 Å². The number of hydrogen-bond acceptors (Lipinski definition) is 5. The van der Waals surface area contributed by atoms with E-state index >= 15 is 0 Å². The van der Waals surface area contributed by atoms with Gasteiger partial charge in [0.15, 0.2) is 5.13 Å². The van der Waals surface area contributed by atoms with Crippen molar-refractivity contribution >= 4 is 22.4 Å². The normalized spacial score (nSPS) is 10.5. The number of rotatable bonds is 3. The van der Waals surface area contributed by atoms with E-state index in [9.17, 15) is 4.79 Å². The van der Waals surface area contributed by atoms with Gasteiger partial charge in [0.1, 0.15) is 5.69 Å². The number of carbonyl (C=O) groups excluding carboxylic acids is 1. The zero-order valence-electron chi connectivity index (χ0n) is 12.2. The maximum Gasteiger partial charge on any atom is 0.277 e. The Kier molecular flexibility index (Phi) is 3.93. The van der Waals surface area contributed by atoms with Gasteiger partial charge in [0, 0.05) is 17.1 Å². The van der Waals surface area contributed by atoms with Crippen molar-refractivity contribution in [3.63, 3.8) is 0 Å². The highest BCUT2D eigenvalue weighted by atomic mass is 32.1. The minimum Gasteiger partial charge on any atom is -0.296 e. The Balaban J connectivity index is 1.75. The molecule has 3 rings (SSSR count). The molecule has 0 unspecified atom stereocenters. The standard InChI is InChI=1S/C16H14N4OS/c1-10-3-5-12(6-4-10)14-9-22-16(19-14)20-15(21)13-8-17-11(2)7-18-13/h3-9H,1-2H3,(H,19,20,21). The van der Waals surface area contributed by atoms with E-state index in [1.807, 2.05) is 43.5 Å². The van der Waals surface area contributed by atoms with Gasteiger partial charge in [-0.2, -0.15) is 0 Å². The molecule has 22 heavy (non-hydrogen) atoms. The molecule has 0 saturated heterocycles. The van der Waals surface area contributed by atoms with E-state index in [0.717, 1.165) is 17.0 Å². The van der Waals surface area contributed by atoms with Crippen LogP contribution in [0.1, 0.15) is 21.7 Å². The third-order valence-corrected chi connectivity index (χ3v) is 3.84. The molecular formula is C16H14N4OS. The monoisotopic (exact) mass is 310 g/mol. The van der Waals surface area contributed by atoms with Gasteiger partial charge in [-0.3, -0.25) is 15.1 Å². The molecule has 0 bridgehead atoms. The topological polar surface area (TPSA) is 67.8 Å². The lowest BCUT2D eigenvalue weighted by Crippen LogP contribution is -2.13. The molecule has 6 heteroatoms. The molecule has 1 amide bonds. The fourth-order valence-corrected chi connectivity index (χ4v) is 2.57. The fraction of sp³-hybridized carbons (Fsp3) is 0.125. The number of amides is 1. The predicted octanol–water partition coefficient (Wildman–Crippen LogP) is 3.47. The van der Waals surface area contributed by atoms with Crippen molar-refractivity contribution in [1.82, 2.24) is 15.0 Å². The number of nitrogens with zero attached hydrogens (tertiary/aromatic N) is 3. The van der Waals surface area contributed by atoms with Crippen molar-refractivity contribution in [3.05, 3.63) is 59.0 Å². The first-order valence-electron chi connectivity index (χ1n) is 6.74. The smallest absolute Gasteiger partial charge is 0.277 e. The summed E-state index contributed by atoms with van der Waals surface area (Å²) >= 11 is 1.38. The van der Waals surface area contributed by atoms with Gasteiger partial charge in [-0.05, 0) is 13.8 Å². The third kappa shape index (κ3) is 3.17. The number of carbonyl (C=O) groups is 1. The number of nitrogens with one attached hydrogen (secondary N) is 1. The highest BCUT2D eigenvalue weighted by molar-refractivity contribution is 7.14. The van der Waals surface area contributed by atoms with Crippen LogP contribution in [-0.4, -0.2) is 20.9 Å². The summed E-state index contributed by atoms with van der Waals surface area (Å²) in [5.74, 6) is -0.308. The first-order chi connectivity index (χ1) is 10.6. The molecule has 110 valence electrons. The molecule has 0 aliphatic rings. The van der Waals surface area contributed by atoms with Gasteiger partial charge in [0.25, 0.3) is 5.91 Å². The van der Waals surface area contributed by atoms with Gasteiger partial charge in [0.05, 0.1) is 17.6 Å². The second-order valence-corrected chi connectivity index (χ2v) is 5.76. The number of aryl methyl sites for hydroxylation is 2. The van der Waals surface area contributed by atoms with Gasteiger partial charge >= 0.3 is 0 Å². The summed E-state index contributed by atoms with van der Waals surface area (Å²) in [6, 6.07) is 8.10. The van der Waals surface area contributed by atoms with E-state index < -0.39 is 0 Å². The lowest BCUT2D eigenvalue weighted by molar-refractivity contribution is 0.102. The van der Waals surface area contributed by atoms with Gasteiger partial charge in [0.2, 0.25) is 0 Å². The number of benzene rings is 1. The Bertz CT molecular complexity index is 794. The van der Waals surface area contributed by atoms with E-state index in [1.54, 1.807) is 6.20 Å². The summed E-state index contributed by atoms with van der Waals surface area (Å²) < 4.78 is 0. The summed E-state index contributed by atoms with van der Waals surface area (Å²) in [5, 5.41) is 5.21. The molecule has 0 saturated carbocycles. The summed E-state index contributed by atoms with van der Waals surface area (Å²) in [5.41, 5.74) is 4.11. The van der Waals surface area contributed by atoms with Crippen molar-refractivity contribution < 1.29 is 4.79 Å². The molecule has 5 nitrogen and oxygen atoms in total. The first kappa shape index (κ1) is 14.3. The zero-order valence-corrected chi connectivity index (χ0v) is 13.0. The highest BCUT2D eigenvalue weighted by Gasteiger charge is 2.11. The summed E-state index contributed by atoms with van der Waals surface area (Å²) in [4.78, 5) is 24.6. The van der Waals surface area contributed by atoms with Crippen molar-refractivity contribution in [2.75, 3.05) is 5.32 Å². The maximum atomic E-state index is 12.1.